The molecule has 6 heteroatoms. The lowest BCUT2D eigenvalue weighted by Gasteiger charge is -2.53. The summed E-state index contributed by atoms with van der Waals surface area (Å²) in [6.07, 6.45) is 0.686. The van der Waals surface area contributed by atoms with Gasteiger partial charge < -0.3 is 20.4 Å². The standard InChI is InChI=1S/C19H21ClN2O2S/c1-18(2)11-19(3,15-8-7-14(23)10-16(15)24)22(17(25)21-18)13-6-4-5-12(20)9-13/h4-10,23-24H,11H2,1-3H3,(H,21,25)/t19-/m0/s1. The zero-order valence-corrected chi connectivity index (χ0v) is 15.9. The third-order valence-corrected chi connectivity index (χ3v) is 5.08. The summed E-state index contributed by atoms with van der Waals surface area (Å²) in [5.41, 5.74) is 0.664. The van der Waals surface area contributed by atoms with Crippen molar-refractivity contribution in [2.75, 3.05) is 4.90 Å². The molecule has 0 bridgehead atoms. The molecule has 0 aromatic heterocycles. The molecule has 0 amide bonds. The van der Waals surface area contributed by atoms with Gasteiger partial charge in [-0.1, -0.05) is 17.7 Å². The highest BCUT2D eigenvalue weighted by Gasteiger charge is 2.47. The minimum absolute atomic E-state index is 0.0231. The summed E-state index contributed by atoms with van der Waals surface area (Å²) < 4.78 is 0. The van der Waals surface area contributed by atoms with Crippen molar-refractivity contribution >= 4 is 34.6 Å². The summed E-state index contributed by atoms with van der Waals surface area (Å²) in [7, 11) is 0. The number of aromatic hydroxyl groups is 2. The second-order valence-electron chi connectivity index (χ2n) is 7.28. The fourth-order valence-electron chi connectivity index (χ4n) is 3.76. The van der Waals surface area contributed by atoms with E-state index in [1.165, 1.54) is 6.07 Å². The van der Waals surface area contributed by atoms with Gasteiger partial charge in [-0.15, -0.1) is 0 Å². The number of nitrogens with zero attached hydrogens (tertiary/aromatic N) is 1. The molecule has 0 saturated carbocycles. The first kappa shape index (κ1) is 17.8. The molecule has 1 aliphatic rings. The molecular formula is C19H21ClN2O2S. The van der Waals surface area contributed by atoms with Crippen LogP contribution in [0, 0.1) is 0 Å². The molecule has 1 fully saturated rings. The van der Waals surface area contributed by atoms with E-state index in [0.717, 1.165) is 5.69 Å². The molecule has 1 aliphatic heterocycles. The molecule has 25 heavy (non-hydrogen) atoms. The number of phenols is 2. The second-order valence-corrected chi connectivity index (χ2v) is 8.10. The van der Waals surface area contributed by atoms with Crippen LogP contribution in [0.5, 0.6) is 11.5 Å². The van der Waals surface area contributed by atoms with E-state index in [-0.39, 0.29) is 17.0 Å². The second kappa shape index (κ2) is 6.07. The first-order chi connectivity index (χ1) is 11.6. The van der Waals surface area contributed by atoms with Crippen molar-refractivity contribution in [3.63, 3.8) is 0 Å². The SMILES string of the molecule is CC1(C)C[C@@](C)(c2ccc(O)cc2O)N(c2cccc(Cl)c2)C(=S)N1. The molecule has 1 atom stereocenters. The summed E-state index contributed by atoms with van der Waals surface area (Å²) in [5, 5.41) is 24.7. The smallest absolute Gasteiger partial charge is 0.174 e. The first-order valence-electron chi connectivity index (χ1n) is 8.03. The molecule has 0 spiro atoms. The van der Waals surface area contributed by atoms with Gasteiger partial charge in [-0.2, -0.15) is 0 Å². The fourth-order valence-corrected chi connectivity index (χ4v) is 4.53. The molecule has 2 aromatic carbocycles. The maximum atomic E-state index is 10.5. The number of thiocarbonyl (C=S) groups is 1. The third-order valence-electron chi connectivity index (χ3n) is 4.56. The van der Waals surface area contributed by atoms with Crippen molar-refractivity contribution in [3.8, 4) is 11.5 Å². The van der Waals surface area contributed by atoms with Crippen LogP contribution in [-0.2, 0) is 5.54 Å². The summed E-state index contributed by atoms with van der Waals surface area (Å²) in [6.45, 7) is 6.18. The molecule has 132 valence electrons. The summed E-state index contributed by atoms with van der Waals surface area (Å²) in [4.78, 5) is 1.98. The molecule has 3 rings (SSSR count). The predicted molar refractivity (Wildman–Crippen MR) is 105 cm³/mol. The van der Waals surface area contributed by atoms with Crippen molar-refractivity contribution in [1.82, 2.24) is 5.32 Å². The fraction of sp³-hybridized carbons (Fsp3) is 0.316. The van der Waals surface area contributed by atoms with E-state index in [2.05, 4.69) is 19.2 Å². The van der Waals surface area contributed by atoms with Crippen molar-refractivity contribution in [2.45, 2.75) is 38.3 Å². The highest BCUT2D eigenvalue weighted by atomic mass is 35.5. The Labute approximate surface area is 158 Å². The number of halogens is 1. The van der Waals surface area contributed by atoms with Gasteiger partial charge in [0.15, 0.2) is 5.11 Å². The molecule has 2 aromatic rings. The van der Waals surface area contributed by atoms with Crippen molar-refractivity contribution in [1.29, 1.82) is 0 Å². The number of phenolic OH excluding ortho intramolecular Hbond substituents is 2. The molecule has 0 radical (unpaired) electrons. The normalized spacial score (nSPS) is 22.6. The number of hydrogen-bond donors (Lipinski definition) is 3. The van der Waals surface area contributed by atoms with Crippen LogP contribution in [0.1, 0.15) is 32.8 Å². The van der Waals surface area contributed by atoms with Gasteiger partial charge in [-0.05, 0) is 69.7 Å². The van der Waals surface area contributed by atoms with Gasteiger partial charge in [-0.3, -0.25) is 0 Å². The van der Waals surface area contributed by atoms with Gasteiger partial charge in [0.1, 0.15) is 11.5 Å². The van der Waals surface area contributed by atoms with Crippen LogP contribution in [-0.4, -0.2) is 20.9 Å². The summed E-state index contributed by atoms with van der Waals surface area (Å²) in [6, 6.07) is 12.1. The lowest BCUT2D eigenvalue weighted by atomic mass is 9.76. The Morgan fingerprint density at radius 2 is 1.84 bits per heavy atom. The van der Waals surface area contributed by atoms with E-state index in [1.807, 2.05) is 36.1 Å². The summed E-state index contributed by atoms with van der Waals surface area (Å²) >= 11 is 11.8. The zero-order chi connectivity index (χ0) is 18.4. The average Bonchev–Trinajstić information content (AvgIpc) is 2.44. The van der Waals surface area contributed by atoms with Crippen LogP contribution in [0.25, 0.3) is 0 Å². The van der Waals surface area contributed by atoms with E-state index in [0.29, 0.717) is 22.1 Å². The number of anilines is 1. The van der Waals surface area contributed by atoms with Crippen LogP contribution in [0.3, 0.4) is 0 Å². The quantitative estimate of drug-likeness (QED) is 0.672. The highest BCUT2D eigenvalue weighted by Crippen LogP contribution is 2.46. The van der Waals surface area contributed by atoms with Crippen LogP contribution >= 0.6 is 23.8 Å². The monoisotopic (exact) mass is 376 g/mol. The molecule has 0 aliphatic carbocycles. The summed E-state index contributed by atoms with van der Waals surface area (Å²) in [5.74, 6) is 0.0601. The van der Waals surface area contributed by atoms with Gasteiger partial charge in [-0.25, -0.2) is 0 Å². The maximum Gasteiger partial charge on any atom is 0.174 e. The lowest BCUT2D eigenvalue weighted by Crippen LogP contribution is -2.65. The van der Waals surface area contributed by atoms with Crippen LogP contribution in [0.4, 0.5) is 5.69 Å². The predicted octanol–water partition coefficient (Wildman–Crippen LogP) is 4.53. The molecular weight excluding hydrogens is 356 g/mol. The average molecular weight is 377 g/mol. The van der Waals surface area contributed by atoms with Crippen LogP contribution in [0.15, 0.2) is 42.5 Å². The lowest BCUT2D eigenvalue weighted by molar-refractivity contribution is 0.275. The Kier molecular flexibility index (Phi) is 4.33. The number of nitrogens with one attached hydrogen (secondary N) is 1. The van der Waals surface area contributed by atoms with E-state index >= 15 is 0 Å². The van der Waals surface area contributed by atoms with Crippen molar-refractivity contribution in [2.24, 2.45) is 0 Å². The van der Waals surface area contributed by atoms with Gasteiger partial charge in [0, 0.05) is 27.9 Å². The topological polar surface area (TPSA) is 55.7 Å². The minimum Gasteiger partial charge on any atom is -0.508 e. The van der Waals surface area contributed by atoms with E-state index in [4.69, 9.17) is 23.8 Å². The van der Waals surface area contributed by atoms with Crippen molar-refractivity contribution in [3.05, 3.63) is 53.1 Å². The number of hydrogen-bond acceptors (Lipinski definition) is 3. The number of rotatable bonds is 2. The van der Waals surface area contributed by atoms with E-state index in [1.54, 1.807) is 12.1 Å². The Hall–Kier alpha value is -1.98. The molecule has 1 heterocycles. The molecule has 4 nitrogen and oxygen atoms in total. The Morgan fingerprint density at radius 3 is 2.48 bits per heavy atom. The van der Waals surface area contributed by atoms with E-state index < -0.39 is 5.54 Å². The zero-order valence-electron chi connectivity index (χ0n) is 14.4. The van der Waals surface area contributed by atoms with Crippen molar-refractivity contribution < 1.29 is 10.2 Å². The van der Waals surface area contributed by atoms with E-state index in [9.17, 15) is 10.2 Å². The number of benzene rings is 2. The van der Waals surface area contributed by atoms with Crippen LogP contribution < -0.4 is 10.2 Å². The first-order valence-corrected chi connectivity index (χ1v) is 8.81. The Balaban J connectivity index is 2.21. The molecule has 3 N–H and O–H groups in total. The van der Waals surface area contributed by atoms with Crippen LogP contribution in [0.2, 0.25) is 5.02 Å². The molecule has 0 unspecified atom stereocenters. The maximum absolute atomic E-state index is 10.5. The minimum atomic E-state index is -0.617. The highest BCUT2D eigenvalue weighted by molar-refractivity contribution is 7.80. The largest absolute Gasteiger partial charge is 0.508 e. The third kappa shape index (κ3) is 3.26. The van der Waals surface area contributed by atoms with Gasteiger partial charge >= 0.3 is 0 Å². The van der Waals surface area contributed by atoms with Gasteiger partial charge in [0.05, 0.1) is 5.54 Å². The Morgan fingerprint density at radius 1 is 1.12 bits per heavy atom. The molecule has 1 saturated heterocycles. The Bertz CT molecular complexity index is 840. The van der Waals surface area contributed by atoms with Gasteiger partial charge in [0.2, 0.25) is 0 Å². The van der Waals surface area contributed by atoms with Gasteiger partial charge in [0.25, 0.3) is 0 Å².